The highest BCUT2D eigenvalue weighted by atomic mass is 16.5. The molecule has 12 heteroatoms. The molecule has 11 N–H and O–H groups in total. The molecular formula is C14H34O12. The first-order valence-electron chi connectivity index (χ1n) is 7.75. The normalized spacial score (nSPS) is 13.4. The molecule has 0 heterocycles. The standard InChI is InChI=1S/C6H14O5.C5H12O4.C3H8O3/c7-1-5(9)3-11-4-6(10)2-8;6-1-5(2-7,3-8)4-9;4-1-3(6)2-5/h5-10H,1-4H2;6-9H,1-4H2;3-6H,1-2H2. The minimum atomic E-state index is -1.11. The fourth-order valence-corrected chi connectivity index (χ4v) is 0.803. The van der Waals surface area contributed by atoms with Crippen molar-refractivity contribution >= 4 is 0 Å². The SMILES string of the molecule is OCC(CO)(CO)CO.OCC(O)CO.OCC(O)COCC(O)CO. The Labute approximate surface area is 151 Å². The van der Waals surface area contributed by atoms with E-state index in [1.807, 2.05) is 0 Å². The Balaban J connectivity index is -0.000000319. The van der Waals surface area contributed by atoms with Crippen LogP contribution < -0.4 is 0 Å². The fourth-order valence-electron chi connectivity index (χ4n) is 0.803. The average molecular weight is 394 g/mol. The van der Waals surface area contributed by atoms with Crippen LogP contribution in [0.1, 0.15) is 0 Å². The third kappa shape index (κ3) is 18.3. The van der Waals surface area contributed by atoms with E-state index in [4.69, 9.17) is 60.9 Å². The lowest BCUT2D eigenvalue weighted by molar-refractivity contribution is -0.0364. The van der Waals surface area contributed by atoms with Crippen LogP contribution in [0.2, 0.25) is 0 Å². The van der Waals surface area contributed by atoms with E-state index in [9.17, 15) is 0 Å². The predicted molar refractivity (Wildman–Crippen MR) is 88.0 cm³/mol. The molecule has 0 aromatic rings. The van der Waals surface area contributed by atoms with Gasteiger partial charge < -0.3 is 60.9 Å². The minimum Gasteiger partial charge on any atom is -0.396 e. The highest BCUT2D eigenvalue weighted by Gasteiger charge is 2.26. The molecule has 0 fully saturated rings. The van der Waals surface area contributed by atoms with Crippen molar-refractivity contribution in [3.8, 4) is 0 Å². The van der Waals surface area contributed by atoms with E-state index in [0.717, 1.165) is 0 Å². The van der Waals surface area contributed by atoms with Gasteiger partial charge >= 0.3 is 0 Å². The van der Waals surface area contributed by atoms with Crippen LogP contribution in [-0.4, -0.2) is 141 Å². The minimum absolute atomic E-state index is 0.0342. The number of rotatable bonds is 12. The zero-order chi connectivity index (χ0) is 21.0. The summed E-state index contributed by atoms with van der Waals surface area (Å²) in [7, 11) is 0. The molecule has 0 rings (SSSR count). The molecule has 0 radical (unpaired) electrons. The second kappa shape index (κ2) is 20.8. The summed E-state index contributed by atoms with van der Waals surface area (Å²) < 4.78 is 4.72. The van der Waals surface area contributed by atoms with Gasteiger partial charge in [-0.05, 0) is 0 Å². The van der Waals surface area contributed by atoms with Gasteiger partial charge in [-0.2, -0.15) is 0 Å². The Kier molecular flexibility index (Phi) is 24.2. The van der Waals surface area contributed by atoms with Crippen molar-refractivity contribution in [2.45, 2.75) is 18.3 Å². The van der Waals surface area contributed by atoms with E-state index in [2.05, 4.69) is 0 Å². The molecule has 2 unspecified atom stereocenters. The van der Waals surface area contributed by atoms with Gasteiger partial charge in [0.25, 0.3) is 0 Å². The average Bonchev–Trinajstić information content (AvgIpc) is 2.70. The molecule has 0 aliphatic heterocycles. The van der Waals surface area contributed by atoms with Crippen LogP contribution in [-0.2, 0) is 4.74 Å². The Morgan fingerprint density at radius 3 is 0.885 bits per heavy atom. The number of hydrogen-bond acceptors (Lipinski definition) is 12. The molecule has 12 nitrogen and oxygen atoms in total. The summed E-state index contributed by atoms with van der Waals surface area (Å²) in [4.78, 5) is 0. The zero-order valence-corrected chi connectivity index (χ0v) is 14.6. The summed E-state index contributed by atoms with van der Waals surface area (Å²) in [5, 5.41) is 92.1. The fraction of sp³-hybridized carbons (Fsp3) is 1.00. The molecule has 0 aliphatic carbocycles. The molecule has 0 saturated heterocycles. The van der Waals surface area contributed by atoms with Crippen molar-refractivity contribution in [2.24, 2.45) is 5.41 Å². The third-order valence-electron chi connectivity index (χ3n) is 2.81. The molecule has 0 spiro atoms. The van der Waals surface area contributed by atoms with Crippen molar-refractivity contribution in [3.63, 3.8) is 0 Å². The first-order valence-corrected chi connectivity index (χ1v) is 7.75. The number of aliphatic hydroxyl groups excluding tert-OH is 11. The third-order valence-corrected chi connectivity index (χ3v) is 2.81. The molecule has 0 bridgehead atoms. The summed E-state index contributed by atoms with van der Waals surface area (Å²) in [6.07, 6.45) is -2.79. The van der Waals surface area contributed by atoms with Crippen molar-refractivity contribution in [1.82, 2.24) is 0 Å². The number of hydrogen-bond donors (Lipinski definition) is 11. The molecular weight excluding hydrogens is 360 g/mol. The lowest BCUT2D eigenvalue weighted by Crippen LogP contribution is -2.37. The summed E-state index contributed by atoms with van der Waals surface area (Å²) >= 11 is 0. The van der Waals surface area contributed by atoms with Crippen LogP contribution in [0.5, 0.6) is 0 Å². The maximum Gasteiger partial charge on any atom is 0.100 e. The van der Waals surface area contributed by atoms with Crippen molar-refractivity contribution < 1.29 is 60.9 Å². The zero-order valence-electron chi connectivity index (χ0n) is 14.6. The molecule has 0 amide bonds. The highest BCUT2D eigenvalue weighted by molar-refractivity contribution is 4.74. The van der Waals surface area contributed by atoms with Crippen LogP contribution >= 0.6 is 0 Å². The molecule has 26 heavy (non-hydrogen) atoms. The van der Waals surface area contributed by atoms with Crippen LogP contribution in [0.25, 0.3) is 0 Å². The number of aliphatic hydroxyl groups is 11. The topological polar surface area (TPSA) is 232 Å². The largest absolute Gasteiger partial charge is 0.396 e. The Hall–Kier alpha value is -0.480. The van der Waals surface area contributed by atoms with E-state index in [0.29, 0.717) is 0 Å². The predicted octanol–water partition coefficient (Wildman–Crippen LogP) is -6.02. The molecule has 162 valence electrons. The van der Waals surface area contributed by atoms with E-state index in [1.165, 1.54) is 0 Å². The maximum atomic E-state index is 8.72. The van der Waals surface area contributed by atoms with Crippen molar-refractivity contribution in [2.75, 3.05) is 66.1 Å². The number of ether oxygens (including phenoxy) is 1. The van der Waals surface area contributed by atoms with Gasteiger partial charge in [0, 0.05) is 0 Å². The smallest absolute Gasteiger partial charge is 0.100 e. The van der Waals surface area contributed by atoms with Gasteiger partial charge in [0.1, 0.15) is 18.3 Å². The molecule has 0 aromatic carbocycles. The lowest BCUT2D eigenvalue weighted by Gasteiger charge is -2.23. The molecule has 0 saturated carbocycles. The maximum absolute atomic E-state index is 8.72. The van der Waals surface area contributed by atoms with Gasteiger partial charge in [0.05, 0.1) is 71.5 Å². The van der Waals surface area contributed by atoms with Crippen LogP contribution in [0, 0.1) is 5.41 Å². The Bertz CT molecular complexity index is 233. The molecule has 2 atom stereocenters. The molecule has 0 aliphatic rings. The summed E-state index contributed by atoms with van der Waals surface area (Å²) in [5.74, 6) is 0. The summed E-state index contributed by atoms with van der Waals surface area (Å²) in [6.45, 7) is -3.15. The summed E-state index contributed by atoms with van der Waals surface area (Å²) in [6, 6.07) is 0. The van der Waals surface area contributed by atoms with E-state index < -0.39 is 50.2 Å². The van der Waals surface area contributed by atoms with Gasteiger partial charge in [0.15, 0.2) is 0 Å². The van der Waals surface area contributed by atoms with Crippen LogP contribution in [0.15, 0.2) is 0 Å². The quantitative estimate of drug-likeness (QED) is 0.148. The highest BCUT2D eigenvalue weighted by Crippen LogP contribution is 2.11. The van der Waals surface area contributed by atoms with Crippen LogP contribution in [0.3, 0.4) is 0 Å². The van der Waals surface area contributed by atoms with E-state index in [1.54, 1.807) is 0 Å². The van der Waals surface area contributed by atoms with E-state index in [-0.39, 0.29) is 39.6 Å². The monoisotopic (exact) mass is 394 g/mol. The first kappa shape index (κ1) is 30.3. The van der Waals surface area contributed by atoms with Gasteiger partial charge in [-0.25, -0.2) is 0 Å². The van der Waals surface area contributed by atoms with E-state index >= 15 is 0 Å². The second-order valence-corrected chi connectivity index (χ2v) is 5.36. The second-order valence-electron chi connectivity index (χ2n) is 5.36. The van der Waals surface area contributed by atoms with Gasteiger partial charge in [-0.3, -0.25) is 0 Å². The van der Waals surface area contributed by atoms with Crippen molar-refractivity contribution in [1.29, 1.82) is 0 Å². The van der Waals surface area contributed by atoms with Gasteiger partial charge in [-0.1, -0.05) is 0 Å². The lowest BCUT2D eigenvalue weighted by atomic mass is 9.93. The summed E-state index contributed by atoms with van der Waals surface area (Å²) in [5.41, 5.74) is -1.11. The van der Waals surface area contributed by atoms with Gasteiger partial charge in [0.2, 0.25) is 0 Å². The van der Waals surface area contributed by atoms with Crippen LogP contribution in [0.4, 0.5) is 0 Å². The molecule has 0 aromatic heterocycles. The van der Waals surface area contributed by atoms with Gasteiger partial charge in [-0.15, -0.1) is 0 Å². The first-order chi connectivity index (χ1) is 12.3. The van der Waals surface area contributed by atoms with Crippen molar-refractivity contribution in [3.05, 3.63) is 0 Å². The Morgan fingerprint density at radius 2 is 0.769 bits per heavy atom. The Morgan fingerprint density at radius 1 is 0.500 bits per heavy atom.